The van der Waals surface area contributed by atoms with Crippen LogP contribution in [0.5, 0.6) is 0 Å². The van der Waals surface area contributed by atoms with Crippen LogP contribution in [0.4, 0.5) is 0 Å². The molecule has 0 bridgehead atoms. The van der Waals surface area contributed by atoms with Gasteiger partial charge in [-0.2, -0.15) is 0 Å². The topological polar surface area (TPSA) is 38.5 Å². The van der Waals surface area contributed by atoms with Crippen molar-refractivity contribution >= 4 is 0 Å². The van der Waals surface area contributed by atoms with Gasteiger partial charge in [-0.25, -0.2) is 0 Å². The summed E-state index contributed by atoms with van der Waals surface area (Å²) in [6.07, 6.45) is 0. The Morgan fingerprint density at radius 1 is 1.40 bits per heavy atom. The molecule has 0 aliphatic carbocycles. The van der Waals surface area contributed by atoms with Crippen molar-refractivity contribution in [3.8, 4) is 0 Å². The Bertz CT molecular complexity index is 311. The lowest BCUT2D eigenvalue weighted by atomic mass is 10.1. The lowest BCUT2D eigenvalue weighted by molar-refractivity contribution is -0.0615. The van der Waals surface area contributed by atoms with Gasteiger partial charge in [-0.3, -0.25) is 4.90 Å². The molecule has 0 aromatic heterocycles. The Hall–Kier alpha value is -0.900. The normalized spacial score (nSPS) is 27.9. The van der Waals surface area contributed by atoms with Crippen LogP contribution >= 0.6 is 0 Å². The maximum atomic E-state index is 6.17. The Morgan fingerprint density at radius 3 is 2.80 bits per heavy atom. The number of nitrogens with zero attached hydrogens (tertiary/aromatic N) is 1. The van der Waals surface area contributed by atoms with Crippen molar-refractivity contribution in [2.75, 3.05) is 19.8 Å². The summed E-state index contributed by atoms with van der Waals surface area (Å²) in [6.45, 7) is 5.22. The molecule has 1 aromatic carbocycles. The lowest BCUT2D eigenvalue weighted by Crippen LogP contribution is -2.60. The first-order valence-corrected chi connectivity index (χ1v) is 5.34. The van der Waals surface area contributed by atoms with E-state index in [-0.39, 0.29) is 5.66 Å². The molecule has 2 N–H and O–H groups in total. The third-order valence-electron chi connectivity index (χ3n) is 2.84. The van der Waals surface area contributed by atoms with Gasteiger partial charge in [-0.15, -0.1) is 0 Å². The minimum atomic E-state index is -0.339. The molecule has 1 fully saturated rings. The van der Waals surface area contributed by atoms with Crippen LogP contribution in [0.1, 0.15) is 12.5 Å². The quantitative estimate of drug-likeness (QED) is 0.790. The fourth-order valence-electron chi connectivity index (χ4n) is 1.86. The van der Waals surface area contributed by atoms with Gasteiger partial charge in [0, 0.05) is 13.1 Å². The van der Waals surface area contributed by atoms with Gasteiger partial charge in [0.05, 0.1) is 18.9 Å². The van der Waals surface area contributed by atoms with Gasteiger partial charge in [0.2, 0.25) is 0 Å². The lowest BCUT2D eigenvalue weighted by Gasteiger charge is -2.41. The summed E-state index contributed by atoms with van der Waals surface area (Å²) in [6, 6.07) is 10.4. The van der Waals surface area contributed by atoms with Crippen LogP contribution in [0.3, 0.4) is 0 Å². The zero-order valence-electron chi connectivity index (χ0n) is 9.15. The summed E-state index contributed by atoms with van der Waals surface area (Å²) in [5, 5.41) is 0. The van der Waals surface area contributed by atoms with E-state index in [0.29, 0.717) is 6.61 Å². The summed E-state index contributed by atoms with van der Waals surface area (Å²) in [4.78, 5) is 2.27. The van der Waals surface area contributed by atoms with Crippen LogP contribution in [0.15, 0.2) is 30.3 Å². The highest BCUT2D eigenvalue weighted by Gasteiger charge is 2.30. The summed E-state index contributed by atoms with van der Waals surface area (Å²) in [7, 11) is 0. The molecule has 82 valence electrons. The monoisotopic (exact) mass is 206 g/mol. The highest BCUT2D eigenvalue weighted by Crippen LogP contribution is 2.17. The summed E-state index contributed by atoms with van der Waals surface area (Å²) < 4.78 is 5.39. The van der Waals surface area contributed by atoms with Crippen molar-refractivity contribution in [3.05, 3.63) is 35.9 Å². The SMILES string of the molecule is CC1(N)COCCN1Cc1ccccc1. The fraction of sp³-hybridized carbons (Fsp3) is 0.500. The second-order valence-electron chi connectivity index (χ2n) is 4.32. The standard InChI is InChI=1S/C12H18N2O/c1-12(13)10-15-8-7-14(12)9-11-5-3-2-4-6-11/h2-6H,7-10,13H2,1H3. The van der Waals surface area contributed by atoms with Crippen molar-refractivity contribution in [1.82, 2.24) is 4.90 Å². The molecule has 1 aromatic rings. The third-order valence-corrected chi connectivity index (χ3v) is 2.84. The van der Waals surface area contributed by atoms with Crippen molar-refractivity contribution in [2.24, 2.45) is 5.73 Å². The number of benzene rings is 1. The van der Waals surface area contributed by atoms with Gasteiger partial charge < -0.3 is 10.5 Å². The smallest absolute Gasteiger partial charge is 0.0902 e. The number of nitrogens with two attached hydrogens (primary N) is 1. The maximum absolute atomic E-state index is 6.17. The molecule has 1 heterocycles. The van der Waals surface area contributed by atoms with E-state index in [2.05, 4.69) is 29.2 Å². The first kappa shape index (κ1) is 10.6. The Kier molecular flexibility index (Phi) is 3.05. The molecule has 3 heteroatoms. The highest BCUT2D eigenvalue weighted by atomic mass is 16.5. The van der Waals surface area contributed by atoms with Crippen LogP contribution in [-0.2, 0) is 11.3 Å². The maximum Gasteiger partial charge on any atom is 0.0902 e. The molecule has 3 nitrogen and oxygen atoms in total. The number of morpholine rings is 1. The van der Waals surface area contributed by atoms with Crippen molar-refractivity contribution in [2.45, 2.75) is 19.1 Å². The van der Waals surface area contributed by atoms with Crippen molar-refractivity contribution in [1.29, 1.82) is 0 Å². The number of rotatable bonds is 2. The van der Waals surface area contributed by atoms with E-state index in [9.17, 15) is 0 Å². The van der Waals surface area contributed by atoms with Gasteiger partial charge in [0.15, 0.2) is 0 Å². The molecule has 1 atom stereocenters. The zero-order valence-corrected chi connectivity index (χ0v) is 9.15. The number of hydrogen-bond donors (Lipinski definition) is 1. The van der Waals surface area contributed by atoms with E-state index in [1.54, 1.807) is 0 Å². The van der Waals surface area contributed by atoms with E-state index in [0.717, 1.165) is 19.7 Å². The van der Waals surface area contributed by atoms with Crippen LogP contribution in [0.2, 0.25) is 0 Å². The van der Waals surface area contributed by atoms with Crippen LogP contribution < -0.4 is 5.73 Å². The van der Waals surface area contributed by atoms with E-state index in [1.807, 2.05) is 13.0 Å². The Morgan fingerprint density at radius 2 is 2.13 bits per heavy atom. The molecule has 0 spiro atoms. The minimum Gasteiger partial charge on any atom is -0.377 e. The second-order valence-corrected chi connectivity index (χ2v) is 4.32. The first-order chi connectivity index (χ1) is 7.18. The van der Waals surface area contributed by atoms with Gasteiger partial charge in [0.1, 0.15) is 0 Å². The summed E-state index contributed by atoms with van der Waals surface area (Å²) >= 11 is 0. The predicted molar refractivity (Wildman–Crippen MR) is 60.3 cm³/mol. The Labute approximate surface area is 90.8 Å². The van der Waals surface area contributed by atoms with Gasteiger partial charge in [0.25, 0.3) is 0 Å². The Balaban J connectivity index is 2.05. The molecule has 1 aliphatic heterocycles. The predicted octanol–water partition coefficient (Wildman–Crippen LogP) is 1.19. The molecular formula is C12H18N2O. The average Bonchev–Trinajstić information content (AvgIpc) is 2.23. The van der Waals surface area contributed by atoms with Crippen LogP contribution in [-0.4, -0.2) is 30.3 Å². The second kappa shape index (κ2) is 4.31. The highest BCUT2D eigenvalue weighted by molar-refractivity contribution is 5.15. The minimum absolute atomic E-state index is 0.339. The van der Waals surface area contributed by atoms with Crippen LogP contribution in [0.25, 0.3) is 0 Å². The molecule has 1 saturated heterocycles. The van der Waals surface area contributed by atoms with Crippen molar-refractivity contribution in [3.63, 3.8) is 0 Å². The molecule has 1 aliphatic rings. The molecule has 2 rings (SSSR count). The van der Waals surface area contributed by atoms with E-state index < -0.39 is 0 Å². The summed E-state index contributed by atoms with van der Waals surface area (Å²) in [5.74, 6) is 0. The molecule has 1 unspecified atom stereocenters. The van der Waals surface area contributed by atoms with E-state index in [4.69, 9.17) is 10.5 Å². The molecule has 15 heavy (non-hydrogen) atoms. The number of ether oxygens (including phenoxy) is 1. The van der Waals surface area contributed by atoms with Gasteiger partial charge in [-0.05, 0) is 12.5 Å². The fourth-order valence-corrected chi connectivity index (χ4v) is 1.86. The average molecular weight is 206 g/mol. The van der Waals surface area contributed by atoms with Gasteiger partial charge >= 0.3 is 0 Å². The van der Waals surface area contributed by atoms with E-state index >= 15 is 0 Å². The molecule has 0 radical (unpaired) electrons. The third kappa shape index (κ3) is 2.56. The molecule has 0 amide bonds. The first-order valence-electron chi connectivity index (χ1n) is 5.34. The number of hydrogen-bond acceptors (Lipinski definition) is 3. The van der Waals surface area contributed by atoms with Crippen LogP contribution in [0, 0.1) is 0 Å². The summed E-state index contributed by atoms with van der Waals surface area (Å²) in [5.41, 5.74) is 7.13. The largest absolute Gasteiger partial charge is 0.377 e. The molecular weight excluding hydrogens is 188 g/mol. The van der Waals surface area contributed by atoms with Crippen molar-refractivity contribution < 1.29 is 4.74 Å². The van der Waals surface area contributed by atoms with E-state index in [1.165, 1.54) is 5.56 Å². The molecule has 0 saturated carbocycles. The zero-order chi connectivity index (χ0) is 10.7. The van der Waals surface area contributed by atoms with Gasteiger partial charge in [-0.1, -0.05) is 30.3 Å².